The van der Waals surface area contributed by atoms with Gasteiger partial charge in [0, 0.05) is 12.6 Å². The highest BCUT2D eigenvalue weighted by atomic mass is 15.1. The second-order valence-corrected chi connectivity index (χ2v) is 5.57. The fourth-order valence-corrected chi connectivity index (χ4v) is 2.02. The Hall–Kier alpha value is -1.60. The molecule has 0 heterocycles. The van der Waals surface area contributed by atoms with Crippen LogP contribution in [0.25, 0.3) is 11.1 Å². The molecular weight excluding hydrogens is 230 g/mol. The SMILES string of the molecule is Cc1ccc(-c2ccc(CN(C)C(C)C)cc2)cc1. The second-order valence-electron chi connectivity index (χ2n) is 5.57. The summed E-state index contributed by atoms with van der Waals surface area (Å²) in [6, 6.07) is 18.2. The molecule has 0 aliphatic rings. The van der Waals surface area contributed by atoms with Crippen LogP contribution in [0.1, 0.15) is 25.0 Å². The van der Waals surface area contributed by atoms with Crippen molar-refractivity contribution >= 4 is 0 Å². The topological polar surface area (TPSA) is 3.24 Å². The Morgan fingerprint density at radius 3 is 1.79 bits per heavy atom. The van der Waals surface area contributed by atoms with Crippen LogP contribution in [0.5, 0.6) is 0 Å². The van der Waals surface area contributed by atoms with E-state index in [2.05, 4.69) is 81.2 Å². The number of hydrogen-bond donors (Lipinski definition) is 0. The normalized spacial score (nSPS) is 11.3. The Balaban J connectivity index is 2.12. The van der Waals surface area contributed by atoms with Crippen molar-refractivity contribution in [2.45, 2.75) is 33.4 Å². The summed E-state index contributed by atoms with van der Waals surface area (Å²) in [6.07, 6.45) is 0. The zero-order valence-corrected chi connectivity index (χ0v) is 12.4. The third-order valence-electron chi connectivity index (χ3n) is 3.65. The maximum atomic E-state index is 2.35. The van der Waals surface area contributed by atoms with E-state index in [0.29, 0.717) is 6.04 Å². The Morgan fingerprint density at radius 1 is 0.842 bits per heavy atom. The molecule has 0 aliphatic carbocycles. The summed E-state index contributed by atoms with van der Waals surface area (Å²) in [5.41, 5.74) is 5.25. The van der Waals surface area contributed by atoms with Crippen LogP contribution in [-0.4, -0.2) is 18.0 Å². The number of hydrogen-bond acceptors (Lipinski definition) is 1. The molecule has 0 unspecified atom stereocenters. The first-order valence-electron chi connectivity index (χ1n) is 6.92. The summed E-state index contributed by atoms with van der Waals surface area (Å²) in [4.78, 5) is 2.35. The summed E-state index contributed by atoms with van der Waals surface area (Å²) in [5.74, 6) is 0. The molecule has 2 aromatic carbocycles. The molecular formula is C18H23N. The Morgan fingerprint density at radius 2 is 1.32 bits per heavy atom. The Bertz CT molecular complexity index is 508. The van der Waals surface area contributed by atoms with Crippen LogP contribution in [0.3, 0.4) is 0 Å². The molecule has 0 atom stereocenters. The van der Waals surface area contributed by atoms with E-state index in [1.165, 1.54) is 22.3 Å². The third kappa shape index (κ3) is 3.68. The highest BCUT2D eigenvalue weighted by Gasteiger charge is 2.04. The summed E-state index contributed by atoms with van der Waals surface area (Å²) in [5, 5.41) is 0. The van der Waals surface area contributed by atoms with E-state index in [1.807, 2.05) is 0 Å². The van der Waals surface area contributed by atoms with Gasteiger partial charge in [-0.05, 0) is 44.5 Å². The number of nitrogens with zero attached hydrogens (tertiary/aromatic N) is 1. The van der Waals surface area contributed by atoms with Gasteiger partial charge in [0.25, 0.3) is 0 Å². The lowest BCUT2D eigenvalue weighted by Crippen LogP contribution is -2.25. The predicted molar refractivity (Wildman–Crippen MR) is 83.2 cm³/mol. The summed E-state index contributed by atoms with van der Waals surface area (Å²) < 4.78 is 0. The third-order valence-corrected chi connectivity index (χ3v) is 3.65. The lowest BCUT2D eigenvalue weighted by Gasteiger charge is -2.21. The minimum Gasteiger partial charge on any atom is -0.300 e. The van der Waals surface area contributed by atoms with E-state index in [4.69, 9.17) is 0 Å². The van der Waals surface area contributed by atoms with Gasteiger partial charge in [0.15, 0.2) is 0 Å². The molecule has 0 saturated carbocycles. The van der Waals surface area contributed by atoms with E-state index in [1.54, 1.807) is 0 Å². The summed E-state index contributed by atoms with van der Waals surface area (Å²) in [6.45, 7) is 7.57. The molecule has 0 N–H and O–H groups in total. The van der Waals surface area contributed by atoms with E-state index in [9.17, 15) is 0 Å². The van der Waals surface area contributed by atoms with Crippen LogP contribution in [0.2, 0.25) is 0 Å². The molecule has 0 spiro atoms. The van der Waals surface area contributed by atoms with Crippen LogP contribution in [-0.2, 0) is 6.54 Å². The highest BCUT2D eigenvalue weighted by Crippen LogP contribution is 2.20. The van der Waals surface area contributed by atoms with Crippen molar-refractivity contribution in [3.8, 4) is 11.1 Å². The zero-order chi connectivity index (χ0) is 13.8. The molecule has 0 amide bonds. The zero-order valence-electron chi connectivity index (χ0n) is 12.4. The Kier molecular flexibility index (Phi) is 4.39. The van der Waals surface area contributed by atoms with Crippen LogP contribution in [0.4, 0.5) is 0 Å². The van der Waals surface area contributed by atoms with Crippen molar-refractivity contribution in [1.82, 2.24) is 4.90 Å². The summed E-state index contributed by atoms with van der Waals surface area (Å²) in [7, 11) is 2.17. The van der Waals surface area contributed by atoms with Crippen molar-refractivity contribution in [3.05, 3.63) is 59.7 Å². The molecule has 0 aliphatic heterocycles. The monoisotopic (exact) mass is 253 g/mol. The molecule has 100 valence electrons. The maximum Gasteiger partial charge on any atom is 0.0233 e. The average molecular weight is 253 g/mol. The smallest absolute Gasteiger partial charge is 0.0233 e. The molecule has 1 heteroatoms. The van der Waals surface area contributed by atoms with Gasteiger partial charge in [-0.1, -0.05) is 54.1 Å². The lowest BCUT2D eigenvalue weighted by molar-refractivity contribution is 0.266. The van der Waals surface area contributed by atoms with Crippen LogP contribution in [0.15, 0.2) is 48.5 Å². The minimum absolute atomic E-state index is 0.580. The fourth-order valence-electron chi connectivity index (χ4n) is 2.02. The first-order chi connectivity index (χ1) is 9.06. The predicted octanol–water partition coefficient (Wildman–Crippen LogP) is 4.50. The van der Waals surface area contributed by atoms with Gasteiger partial charge in [-0.3, -0.25) is 4.90 Å². The van der Waals surface area contributed by atoms with Gasteiger partial charge in [-0.15, -0.1) is 0 Å². The molecule has 0 saturated heterocycles. The van der Waals surface area contributed by atoms with Crippen molar-refractivity contribution in [2.24, 2.45) is 0 Å². The van der Waals surface area contributed by atoms with Gasteiger partial charge >= 0.3 is 0 Å². The lowest BCUT2D eigenvalue weighted by atomic mass is 10.0. The standard InChI is InChI=1S/C18H23N/c1-14(2)19(4)13-16-7-11-18(12-8-16)17-9-5-15(3)6-10-17/h5-12,14H,13H2,1-4H3. The molecule has 0 radical (unpaired) electrons. The largest absolute Gasteiger partial charge is 0.300 e. The highest BCUT2D eigenvalue weighted by molar-refractivity contribution is 5.63. The Labute approximate surface area is 116 Å². The second kappa shape index (κ2) is 6.03. The van der Waals surface area contributed by atoms with Gasteiger partial charge in [-0.25, -0.2) is 0 Å². The van der Waals surface area contributed by atoms with Crippen molar-refractivity contribution < 1.29 is 0 Å². The van der Waals surface area contributed by atoms with Gasteiger partial charge in [0.05, 0.1) is 0 Å². The molecule has 1 nitrogen and oxygen atoms in total. The maximum absolute atomic E-state index is 2.35. The van der Waals surface area contributed by atoms with Crippen LogP contribution in [0, 0.1) is 6.92 Å². The van der Waals surface area contributed by atoms with Gasteiger partial charge in [-0.2, -0.15) is 0 Å². The molecule has 0 aromatic heterocycles. The number of benzene rings is 2. The number of aryl methyl sites for hydroxylation is 1. The van der Waals surface area contributed by atoms with Gasteiger partial charge in [0.1, 0.15) is 0 Å². The van der Waals surface area contributed by atoms with Crippen LogP contribution < -0.4 is 0 Å². The minimum atomic E-state index is 0.580. The molecule has 0 bridgehead atoms. The van der Waals surface area contributed by atoms with Crippen molar-refractivity contribution in [1.29, 1.82) is 0 Å². The first-order valence-corrected chi connectivity index (χ1v) is 6.92. The van der Waals surface area contributed by atoms with E-state index >= 15 is 0 Å². The quantitative estimate of drug-likeness (QED) is 0.775. The van der Waals surface area contributed by atoms with Gasteiger partial charge in [0.2, 0.25) is 0 Å². The molecule has 0 fully saturated rings. The fraction of sp³-hybridized carbons (Fsp3) is 0.333. The molecule has 19 heavy (non-hydrogen) atoms. The van der Waals surface area contributed by atoms with Crippen LogP contribution >= 0.6 is 0 Å². The molecule has 2 rings (SSSR count). The van der Waals surface area contributed by atoms with Crippen molar-refractivity contribution in [2.75, 3.05) is 7.05 Å². The molecule has 2 aromatic rings. The summed E-state index contributed by atoms with van der Waals surface area (Å²) >= 11 is 0. The number of rotatable bonds is 4. The first kappa shape index (κ1) is 13.8. The average Bonchev–Trinajstić information content (AvgIpc) is 2.40. The van der Waals surface area contributed by atoms with Gasteiger partial charge < -0.3 is 0 Å². The van der Waals surface area contributed by atoms with E-state index in [0.717, 1.165) is 6.54 Å². The van der Waals surface area contributed by atoms with E-state index in [-0.39, 0.29) is 0 Å². The van der Waals surface area contributed by atoms with Crippen molar-refractivity contribution in [3.63, 3.8) is 0 Å². The van der Waals surface area contributed by atoms with E-state index < -0.39 is 0 Å².